The summed E-state index contributed by atoms with van der Waals surface area (Å²) in [7, 11) is 3.33. The van der Waals surface area contributed by atoms with E-state index in [1.165, 1.54) is 5.01 Å². The fraction of sp³-hybridized carbons (Fsp3) is 0.400. The molecule has 0 fully saturated rings. The molecule has 0 spiro atoms. The summed E-state index contributed by atoms with van der Waals surface area (Å²) in [6, 6.07) is 2.66. The topological polar surface area (TPSA) is 15.3 Å². The molecule has 0 atom stereocenters. The van der Waals surface area contributed by atoms with Gasteiger partial charge in [0.05, 0.1) is 5.56 Å². The summed E-state index contributed by atoms with van der Waals surface area (Å²) in [6.07, 6.45) is -4.54. The monoisotopic (exact) mass is 236 g/mol. The van der Waals surface area contributed by atoms with Crippen LogP contribution in [0.15, 0.2) is 18.2 Å². The van der Waals surface area contributed by atoms with Gasteiger partial charge in [0.15, 0.2) is 0 Å². The lowest BCUT2D eigenvalue weighted by atomic mass is 10.1. The van der Waals surface area contributed by atoms with Gasteiger partial charge in [-0.3, -0.25) is 10.4 Å². The fourth-order valence-electron chi connectivity index (χ4n) is 1.21. The quantitative estimate of drug-likeness (QED) is 0.640. The van der Waals surface area contributed by atoms with E-state index in [2.05, 4.69) is 5.43 Å². The molecule has 0 aliphatic rings. The number of hydrogen-bond acceptors (Lipinski definition) is 2. The number of hydrogen-bond donors (Lipinski definition) is 1. The van der Waals surface area contributed by atoms with Crippen LogP contribution in [0.4, 0.5) is 17.6 Å². The summed E-state index contributed by atoms with van der Waals surface area (Å²) < 4.78 is 50.4. The average molecular weight is 236 g/mol. The number of benzene rings is 1. The van der Waals surface area contributed by atoms with Crippen molar-refractivity contribution in [1.29, 1.82) is 0 Å². The van der Waals surface area contributed by atoms with Crippen molar-refractivity contribution < 1.29 is 17.6 Å². The highest BCUT2D eigenvalue weighted by atomic mass is 19.4. The maximum atomic E-state index is 12.7. The van der Waals surface area contributed by atoms with Gasteiger partial charge in [-0.05, 0) is 17.7 Å². The Kier molecular flexibility index (Phi) is 3.88. The summed E-state index contributed by atoms with van der Waals surface area (Å²) in [6.45, 7) is 0.00211. The first-order valence-electron chi connectivity index (χ1n) is 4.57. The predicted octanol–water partition coefficient (Wildman–Crippen LogP) is 2.41. The largest absolute Gasteiger partial charge is 0.416 e. The standard InChI is InChI=1S/C10H12F4N2/c1-16(2)15-6-7-3-4-8(11)5-9(7)10(12,13)14/h3-5,15H,6H2,1-2H3. The Morgan fingerprint density at radius 2 is 1.88 bits per heavy atom. The summed E-state index contributed by atoms with van der Waals surface area (Å²) in [5, 5.41) is 1.53. The highest BCUT2D eigenvalue weighted by Crippen LogP contribution is 2.32. The highest BCUT2D eigenvalue weighted by Gasteiger charge is 2.33. The first-order valence-corrected chi connectivity index (χ1v) is 4.57. The van der Waals surface area contributed by atoms with E-state index in [-0.39, 0.29) is 12.1 Å². The van der Waals surface area contributed by atoms with Crippen molar-refractivity contribution in [2.24, 2.45) is 0 Å². The van der Waals surface area contributed by atoms with Gasteiger partial charge in [0.25, 0.3) is 0 Å². The van der Waals surface area contributed by atoms with Gasteiger partial charge in [-0.1, -0.05) is 6.07 Å². The third kappa shape index (κ3) is 3.46. The maximum absolute atomic E-state index is 12.7. The van der Waals surface area contributed by atoms with Crippen LogP contribution in [-0.2, 0) is 12.7 Å². The fourth-order valence-corrected chi connectivity index (χ4v) is 1.21. The second kappa shape index (κ2) is 4.80. The second-order valence-corrected chi connectivity index (χ2v) is 3.53. The molecule has 0 aromatic heterocycles. The van der Waals surface area contributed by atoms with E-state index in [0.29, 0.717) is 6.07 Å². The highest BCUT2D eigenvalue weighted by molar-refractivity contribution is 5.30. The molecule has 2 nitrogen and oxygen atoms in total. The van der Waals surface area contributed by atoms with E-state index >= 15 is 0 Å². The molecule has 1 aromatic carbocycles. The van der Waals surface area contributed by atoms with E-state index in [0.717, 1.165) is 12.1 Å². The van der Waals surface area contributed by atoms with Gasteiger partial charge in [0.1, 0.15) is 5.82 Å². The van der Waals surface area contributed by atoms with Crippen molar-refractivity contribution in [2.75, 3.05) is 14.1 Å². The Morgan fingerprint density at radius 3 is 2.38 bits per heavy atom. The summed E-state index contributed by atoms with van der Waals surface area (Å²) in [5.74, 6) is -0.888. The molecule has 1 N–H and O–H groups in total. The van der Waals surface area contributed by atoms with Crippen LogP contribution >= 0.6 is 0 Å². The molecule has 0 aliphatic heterocycles. The van der Waals surface area contributed by atoms with Crippen molar-refractivity contribution in [3.63, 3.8) is 0 Å². The predicted molar refractivity (Wildman–Crippen MR) is 51.9 cm³/mol. The van der Waals surface area contributed by atoms with Crippen LogP contribution in [0.1, 0.15) is 11.1 Å². The molecule has 0 saturated heterocycles. The van der Waals surface area contributed by atoms with E-state index in [1.807, 2.05) is 0 Å². The molecule has 0 saturated carbocycles. The van der Waals surface area contributed by atoms with Crippen LogP contribution in [0.25, 0.3) is 0 Å². The Labute approximate surface area is 90.8 Å². The van der Waals surface area contributed by atoms with Gasteiger partial charge >= 0.3 is 6.18 Å². The molecular formula is C10H12F4N2. The molecule has 0 heterocycles. The van der Waals surface area contributed by atoms with Gasteiger partial charge in [-0.15, -0.1) is 0 Å². The van der Waals surface area contributed by atoms with Crippen LogP contribution in [-0.4, -0.2) is 19.1 Å². The number of nitrogens with one attached hydrogen (secondary N) is 1. The zero-order valence-electron chi connectivity index (χ0n) is 8.90. The van der Waals surface area contributed by atoms with Crippen LogP contribution < -0.4 is 5.43 Å². The lowest BCUT2D eigenvalue weighted by Crippen LogP contribution is -2.30. The first-order chi connectivity index (χ1) is 7.30. The SMILES string of the molecule is CN(C)NCc1ccc(F)cc1C(F)(F)F. The van der Waals surface area contributed by atoms with Crippen LogP contribution in [0, 0.1) is 5.82 Å². The number of nitrogens with zero attached hydrogens (tertiary/aromatic N) is 1. The molecule has 1 aromatic rings. The van der Waals surface area contributed by atoms with Gasteiger partial charge in [0.2, 0.25) is 0 Å². The molecule has 90 valence electrons. The number of hydrazine groups is 1. The molecule has 0 amide bonds. The molecule has 16 heavy (non-hydrogen) atoms. The molecule has 1 rings (SSSR count). The number of alkyl halides is 3. The van der Waals surface area contributed by atoms with Gasteiger partial charge in [0, 0.05) is 20.6 Å². The van der Waals surface area contributed by atoms with Crippen molar-refractivity contribution in [3.05, 3.63) is 35.1 Å². The summed E-state index contributed by atoms with van der Waals surface area (Å²) in [4.78, 5) is 0. The number of halogens is 4. The average Bonchev–Trinajstić information content (AvgIpc) is 2.14. The molecule has 0 bridgehead atoms. The minimum absolute atomic E-state index is 0.00211. The van der Waals surface area contributed by atoms with Gasteiger partial charge in [-0.2, -0.15) is 13.2 Å². The van der Waals surface area contributed by atoms with Crippen LogP contribution in [0.3, 0.4) is 0 Å². The smallest absolute Gasteiger partial charge is 0.251 e. The molecule has 6 heteroatoms. The first kappa shape index (κ1) is 12.9. The lowest BCUT2D eigenvalue weighted by molar-refractivity contribution is -0.138. The van der Waals surface area contributed by atoms with Crippen LogP contribution in [0.5, 0.6) is 0 Å². The molecule has 0 radical (unpaired) electrons. The minimum atomic E-state index is -4.54. The van der Waals surface area contributed by atoms with Gasteiger partial charge < -0.3 is 0 Å². The van der Waals surface area contributed by atoms with Gasteiger partial charge in [-0.25, -0.2) is 4.39 Å². The van der Waals surface area contributed by atoms with E-state index in [9.17, 15) is 17.6 Å². The van der Waals surface area contributed by atoms with Crippen molar-refractivity contribution >= 4 is 0 Å². The Morgan fingerprint density at radius 1 is 1.25 bits per heavy atom. The van der Waals surface area contributed by atoms with E-state index < -0.39 is 17.6 Å². The summed E-state index contributed by atoms with van der Waals surface area (Å²) >= 11 is 0. The Hall–Kier alpha value is -1.14. The van der Waals surface area contributed by atoms with Crippen molar-refractivity contribution in [3.8, 4) is 0 Å². The maximum Gasteiger partial charge on any atom is 0.416 e. The molecule has 0 aliphatic carbocycles. The Bertz CT molecular complexity index is 360. The summed E-state index contributed by atoms with van der Waals surface area (Å²) in [5.41, 5.74) is 1.78. The van der Waals surface area contributed by atoms with Crippen LogP contribution in [0.2, 0.25) is 0 Å². The number of rotatable bonds is 3. The zero-order valence-corrected chi connectivity index (χ0v) is 8.90. The lowest BCUT2D eigenvalue weighted by Gasteiger charge is -2.16. The second-order valence-electron chi connectivity index (χ2n) is 3.53. The molecular weight excluding hydrogens is 224 g/mol. The molecule has 0 unspecified atom stereocenters. The third-order valence-corrected chi connectivity index (χ3v) is 1.96. The van der Waals surface area contributed by atoms with E-state index in [4.69, 9.17) is 0 Å². The van der Waals surface area contributed by atoms with Crippen molar-refractivity contribution in [2.45, 2.75) is 12.7 Å². The zero-order chi connectivity index (χ0) is 12.3. The third-order valence-electron chi connectivity index (χ3n) is 1.96. The normalized spacial score (nSPS) is 12.2. The minimum Gasteiger partial charge on any atom is -0.251 e. The van der Waals surface area contributed by atoms with E-state index in [1.54, 1.807) is 14.1 Å². The Balaban J connectivity index is 2.99. The van der Waals surface area contributed by atoms with Crippen molar-refractivity contribution in [1.82, 2.24) is 10.4 Å².